The van der Waals surface area contributed by atoms with Crippen molar-refractivity contribution in [2.45, 2.75) is 19.3 Å². The molecule has 4 nitrogen and oxygen atoms in total. The van der Waals surface area contributed by atoms with Crippen molar-refractivity contribution in [2.75, 3.05) is 0 Å². The van der Waals surface area contributed by atoms with E-state index in [9.17, 15) is 0 Å². The first-order valence-electron chi connectivity index (χ1n) is 6.07. The molecule has 0 aliphatic heterocycles. The van der Waals surface area contributed by atoms with Crippen LogP contribution in [0, 0.1) is 18.3 Å². The molecule has 6 heteroatoms. The number of aryl methyl sites for hydroxylation is 1. The molecule has 0 atom stereocenters. The topological polar surface area (TPSA) is 54.5 Å². The number of rotatable bonds is 3. The normalized spacial score (nSPS) is 10.8. The highest BCUT2D eigenvalue weighted by Gasteiger charge is 2.13. The molecular weight excluding hydrogens is 292 g/mol. The highest BCUT2D eigenvalue weighted by Crippen LogP contribution is 2.23. The molecule has 0 aliphatic carbocycles. The van der Waals surface area contributed by atoms with E-state index in [1.54, 1.807) is 17.4 Å². The predicted molar refractivity (Wildman–Crippen MR) is 80.0 cm³/mol. The predicted octanol–water partition coefficient (Wildman–Crippen LogP) is 3.46. The Bertz CT molecular complexity index is 812. The summed E-state index contributed by atoms with van der Waals surface area (Å²) in [5, 5.41) is 9.04. The molecule has 0 aliphatic rings. The third-order valence-corrected chi connectivity index (χ3v) is 4.38. The zero-order valence-electron chi connectivity index (χ0n) is 10.8. The Balaban J connectivity index is 2.16. The second-order valence-corrected chi connectivity index (χ2v) is 5.63. The van der Waals surface area contributed by atoms with Gasteiger partial charge in [0, 0.05) is 4.88 Å². The Kier molecular flexibility index (Phi) is 3.43. The van der Waals surface area contributed by atoms with Gasteiger partial charge >= 0.3 is 0 Å². The van der Waals surface area contributed by atoms with E-state index in [0.717, 1.165) is 22.6 Å². The highest BCUT2D eigenvalue weighted by molar-refractivity contribution is 7.09. The van der Waals surface area contributed by atoms with Gasteiger partial charge in [-0.25, -0.2) is 9.97 Å². The third kappa shape index (κ3) is 2.17. The second kappa shape index (κ2) is 5.23. The Morgan fingerprint density at radius 1 is 1.45 bits per heavy atom. The Hall–Kier alpha value is -1.90. The first kappa shape index (κ1) is 13.1. The van der Waals surface area contributed by atoms with Gasteiger partial charge in [-0.1, -0.05) is 0 Å². The molecule has 20 heavy (non-hydrogen) atoms. The summed E-state index contributed by atoms with van der Waals surface area (Å²) in [6.07, 6.45) is 0. The third-order valence-electron chi connectivity index (χ3n) is 3.22. The van der Waals surface area contributed by atoms with Crippen LogP contribution in [0.4, 0.5) is 0 Å². The van der Waals surface area contributed by atoms with E-state index in [2.05, 4.69) is 20.6 Å². The number of nitrogens with zero attached hydrogens (tertiary/aromatic N) is 4. The number of thiazole rings is 1. The SMILES string of the molecule is Cc1ncsc1Cn1c(CCl)nc2ccc(C#N)cc21. The van der Waals surface area contributed by atoms with Crippen LogP contribution < -0.4 is 0 Å². The first-order valence-corrected chi connectivity index (χ1v) is 7.48. The minimum Gasteiger partial charge on any atom is -0.322 e. The maximum Gasteiger partial charge on any atom is 0.125 e. The van der Waals surface area contributed by atoms with Crippen molar-refractivity contribution in [3.05, 3.63) is 45.7 Å². The first-order chi connectivity index (χ1) is 9.72. The minimum absolute atomic E-state index is 0.342. The molecule has 0 bridgehead atoms. The molecule has 0 fully saturated rings. The molecule has 3 aromatic rings. The summed E-state index contributed by atoms with van der Waals surface area (Å²) in [5.41, 5.74) is 5.29. The van der Waals surface area contributed by atoms with E-state index >= 15 is 0 Å². The number of benzene rings is 1. The van der Waals surface area contributed by atoms with Gasteiger partial charge in [-0.2, -0.15) is 5.26 Å². The molecule has 2 aromatic heterocycles. The van der Waals surface area contributed by atoms with Gasteiger partial charge in [-0.05, 0) is 25.1 Å². The lowest BCUT2D eigenvalue weighted by Gasteiger charge is -2.06. The quantitative estimate of drug-likeness (QED) is 0.696. The van der Waals surface area contributed by atoms with E-state index in [1.807, 2.05) is 24.6 Å². The second-order valence-electron chi connectivity index (χ2n) is 4.42. The summed E-state index contributed by atoms with van der Waals surface area (Å²) in [7, 11) is 0. The number of imidazole rings is 1. The summed E-state index contributed by atoms with van der Waals surface area (Å²) in [4.78, 5) is 9.97. The van der Waals surface area contributed by atoms with Crippen LogP contribution in [-0.2, 0) is 12.4 Å². The van der Waals surface area contributed by atoms with Crippen LogP contribution in [-0.4, -0.2) is 14.5 Å². The lowest BCUT2D eigenvalue weighted by Crippen LogP contribution is -2.03. The van der Waals surface area contributed by atoms with Gasteiger partial charge in [0.25, 0.3) is 0 Å². The van der Waals surface area contributed by atoms with E-state index in [1.165, 1.54) is 4.88 Å². The molecule has 0 spiro atoms. The summed E-state index contributed by atoms with van der Waals surface area (Å²) < 4.78 is 2.06. The van der Waals surface area contributed by atoms with Crippen molar-refractivity contribution in [3.8, 4) is 6.07 Å². The van der Waals surface area contributed by atoms with Gasteiger partial charge in [0.1, 0.15) is 5.82 Å². The lowest BCUT2D eigenvalue weighted by atomic mass is 10.2. The van der Waals surface area contributed by atoms with Crippen LogP contribution in [0.15, 0.2) is 23.7 Å². The molecule has 2 heterocycles. The summed E-state index contributed by atoms with van der Waals surface area (Å²) in [6, 6.07) is 7.65. The molecule has 0 saturated carbocycles. The van der Waals surface area contributed by atoms with E-state index < -0.39 is 0 Å². The monoisotopic (exact) mass is 302 g/mol. The molecular formula is C14H11ClN4S. The molecule has 0 N–H and O–H groups in total. The Labute approximate surface area is 125 Å². The number of nitriles is 1. The van der Waals surface area contributed by atoms with Gasteiger partial charge in [-0.3, -0.25) is 0 Å². The van der Waals surface area contributed by atoms with Crippen LogP contribution >= 0.6 is 22.9 Å². The van der Waals surface area contributed by atoms with E-state index in [-0.39, 0.29) is 0 Å². The molecule has 0 unspecified atom stereocenters. The fourth-order valence-electron chi connectivity index (χ4n) is 2.14. The maximum absolute atomic E-state index is 9.04. The minimum atomic E-state index is 0.342. The highest BCUT2D eigenvalue weighted by atomic mass is 35.5. The molecule has 3 rings (SSSR count). The molecule has 0 radical (unpaired) electrons. The molecule has 100 valence electrons. The number of hydrogen-bond donors (Lipinski definition) is 0. The number of fused-ring (bicyclic) bond motifs is 1. The smallest absolute Gasteiger partial charge is 0.125 e. The van der Waals surface area contributed by atoms with Crippen molar-refractivity contribution in [2.24, 2.45) is 0 Å². The van der Waals surface area contributed by atoms with Crippen LogP contribution in [0.3, 0.4) is 0 Å². The summed E-state index contributed by atoms with van der Waals surface area (Å²) >= 11 is 7.61. The lowest BCUT2D eigenvalue weighted by molar-refractivity contribution is 0.783. The van der Waals surface area contributed by atoms with Crippen molar-refractivity contribution >= 4 is 34.0 Å². The standard InChI is InChI=1S/C14H11ClN4S/c1-9-13(20-8-17-9)7-19-12-4-10(6-16)2-3-11(12)18-14(19)5-15/h2-4,8H,5,7H2,1H3. The number of alkyl halides is 1. The zero-order valence-corrected chi connectivity index (χ0v) is 12.4. The van der Waals surface area contributed by atoms with Gasteiger partial charge in [0.2, 0.25) is 0 Å². The van der Waals surface area contributed by atoms with E-state index in [0.29, 0.717) is 18.0 Å². The van der Waals surface area contributed by atoms with Gasteiger partial charge in [0.05, 0.1) is 46.3 Å². The zero-order chi connectivity index (χ0) is 14.1. The van der Waals surface area contributed by atoms with E-state index in [4.69, 9.17) is 16.9 Å². The Morgan fingerprint density at radius 2 is 2.30 bits per heavy atom. The van der Waals surface area contributed by atoms with Crippen LogP contribution in [0.5, 0.6) is 0 Å². The van der Waals surface area contributed by atoms with Crippen molar-refractivity contribution in [1.82, 2.24) is 14.5 Å². The fraction of sp³-hybridized carbons (Fsp3) is 0.214. The van der Waals surface area contributed by atoms with Gasteiger partial charge < -0.3 is 4.57 Å². The van der Waals surface area contributed by atoms with Gasteiger partial charge in [-0.15, -0.1) is 22.9 Å². The van der Waals surface area contributed by atoms with Crippen molar-refractivity contribution in [1.29, 1.82) is 5.26 Å². The average Bonchev–Trinajstić information content (AvgIpc) is 3.03. The number of hydrogen-bond acceptors (Lipinski definition) is 4. The summed E-state index contributed by atoms with van der Waals surface area (Å²) in [6.45, 7) is 2.68. The molecule has 0 amide bonds. The number of aromatic nitrogens is 3. The fourth-order valence-corrected chi connectivity index (χ4v) is 3.11. The maximum atomic E-state index is 9.04. The summed E-state index contributed by atoms with van der Waals surface area (Å²) in [5.74, 6) is 1.15. The van der Waals surface area contributed by atoms with Crippen molar-refractivity contribution in [3.63, 3.8) is 0 Å². The van der Waals surface area contributed by atoms with Crippen molar-refractivity contribution < 1.29 is 0 Å². The van der Waals surface area contributed by atoms with Gasteiger partial charge in [0.15, 0.2) is 0 Å². The molecule has 1 aromatic carbocycles. The van der Waals surface area contributed by atoms with Crippen LogP contribution in [0.25, 0.3) is 11.0 Å². The largest absolute Gasteiger partial charge is 0.322 e. The van der Waals surface area contributed by atoms with Crippen LogP contribution in [0.1, 0.15) is 22.0 Å². The van der Waals surface area contributed by atoms with Crippen LogP contribution in [0.2, 0.25) is 0 Å². The Morgan fingerprint density at radius 3 is 2.95 bits per heavy atom. The number of halogens is 1. The average molecular weight is 303 g/mol. The molecule has 0 saturated heterocycles.